The second kappa shape index (κ2) is 8.35. The second-order valence-electron chi connectivity index (χ2n) is 8.87. The number of amides is 1. The van der Waals surface area contributed by atoms with Crippen LogP contribution < -0.4 is 5.32 Å². The van der Waals surface area contributed by atoms with Gasteiger partial charge in [0.15, 0.2) is 0 Å². The van der Waals surface area contributed by atoms with Gasteiger partial charge >= 0.3 is 0 Å². The van der Waals surface area contributed by atoms with Crippen molar-refractivity contribution in [2.75, 3.05) is 44.7 Å². The van der Waals surface area contributed by atoms with E-state index in [1.165, 1.54) is 0 Å². The van der Waals surface area contributed by atoms with Crippen LogP contribution in [0.3, 0.4) is 0 Å². The highest BCUT2D eigenvalue weighted by molar-refractivity contribution is 7.16. The van der Waals surface area contributed by atoms with E-state index in [1.807, 2.05) is 30.1 Å². The Morgan fingerprint density at radius 1 is 1.16 bits per heavy atom. The van der Waals surface area contributed by atoms with Crippen molar-refractivity contribution in [3.63, 3.8) is 0 Å². The van der Waals surface area contributed by atoms with Crippen LogP contribution in [0, 0.1) is 0 Å². The number of aromatic nitrogens is 2. The first-order chi connectivity index (χ1) is 15.4. The number of nitrogens with one attached hydrogen (secondary N) is 1. The van der Waals surface area contributed by atoms with Crippen LogP contribution in [-0.2, 0) is 17.3 Å². The molecular weight excluding hydrogens is 422 g/mol. The fourth-order valence-corrected chi connectivity index (χ4v) is 5.77. The van der Waals surface area contributed by atoms with E-state index in [-0.39, 0.29) is 11.4 Å². The molecule has 1 N–H and O–H groups in total. The summed E-state index contributed by atoms with van der Waals surface area (Å²) < 4.78 is 7.25. The Labute approximate surface area is 192 Å². The monoisotopic (exact) mass is 451 g/mol. The molecule has 1 amide bonds. The van der Waals surface area contributed by atoms with Crippen LogP contribution in [0.15, 0.2) is 42.6 Å². The molecule has 0 atom stereocenters. The Balaban J connectivity index is 1.35. The second-order valence-corrected chi connectivity index (χ2v) is 9.92. The van der Waals surface area contributed by atoms with Crippen molar-refractivity contribution in [2.24, 2.45) is 7.05 Å². The van der Waals surface area contributed by atoms with Crippen molar-refractivity contribution in [2.45, 2.75) is 19.4 Å². The molecule has 8 heteroatoms. The highest BCUT2D eigenvalue weighted by Gasteiger charge is 2.44. The molecule has 0 radical (unpaired) electrons. The molecule has 0 spiro atoms. The molecule has 168 valence electrons. The Hall–Kier alpha value is -2.68. The molecule has 1 saturated heterocycles. The number of carbonyl (C=O) groups excluding carboxylic acids is 1. The fraction of sp³-hybridized carbons (Fsp3) is 0.417. The smallest absolute Gasteiger partial charge is 0.255 e. The van der Waals surface area contributed by atoms with Crippen LogP contribution in [0.1, 0.15) is 29.1 Å². The summed E-state index contributed by atoms with van der Waals surface area (Å²) in [6.45, 7) is 9.41. The quantitative estimate of drug-likeness (QED) is 0.616. The molecule has 0 unspecified atom stereocenters. The summed E-state index contributed by atoms with van der Waals surface area (Å²) in [6.07, 6.45) is 1.77. The number of anilines is 2. The summed E-state index contributed by atoms with van der Waals surface area (Å²) >= 11 is 1.73. The molecule has 1 aromatic carbocycles. The van der Waals surface area contributed by atoms with Crippen LogP contribution >= 0.6 is 11.3 Å². The van der Waals surface area contributed by atoms with E-state index >= 15 is 0 Å². The molecule has 1 fully saturated rings. The zero-order valence-corrected chi connectivity index (χ0v) is 19.6. The van der Waals surface area contributed by atoms with E-state index in [9.17, 15) is 4.79 Å². The third-order valence-corrected chi connectivity index (χ3v) is 7.92. The number of thiophene rings is 1. The molecule has 0 bridgehead atoms. The number of hydrogen-bond acceptors (Lipinski definition) is 6. The van der Waals surface area contributed by atoms with Crippen LogP contribution in [-0.4, -0.2) is 64.9 Å². The lowest BCUT2D eigenvalue weighted by molar-refractivity contribution is 0.0263. The number of aryl methyl sites for hydroxylation is 1. The number of carbonyl (C=O) groups is 1. The molecule has 0 aliphatic carbocycles. The standard InChI is InChI=1S/C24H29N5O2S/c1-24(2)22-19(23(30)29(24)10-9-28-11-13-31-14-12-28)16-20(32-22)17-5-4-6-18(15-17)26-21-7-8-25-27(21)3/h4-8,15-16,26H,9-14H2,1-3H3. The SMILES string of the molecule is Cn1nccc1Nc1cccc(-c2cc3c(s2)C(C)(C)N(CCN2CCOCC2)C3=O)c1. The lowest BCUT2D eigenvalue weighted by Gasteiger charge is -2.35. The van der Waals surface area contributed by atoms with Crippen molar-refractivity contribution in [3.05, 3.63) is 53.0 Å². The fourth-order valence-electron chi connectivity index (χ4n) is 4.51. The third kappa shape index (κ3) is 3.83. The van der Waals surface area contributed by atoms with E-state index < -0.39 is 0 Å². The maximum absolute atomic E-state index is 13.3. The van der Waals surface area contributed by atoms with Crippen LogP contribution in [0.25, 0.3) is 10.4 Å². The number of benzene rings is 1. The average Bonchev–Trinajstić information content (AvgIpc) is 3.45. The van der Waals surface area contributed by atoms with Crippen LogP contribution in [0.4, 0.5) is 11.5 Å². The predicted octanol–water partition coefficient (Wildman–Crippen LogP) is 3.92. The summed E-state index contributed by atoms with van der Waals surface area (Å²) in [6, 6.07) is 12.3. The number of hydrogen-bond donors (Lipinski definition) is 1. The minimum absolute atomic E-state index is 0.143. The molecular formula is C24H29N5O2S. The highest BCUT2D eigenvalue weighted by atomic mass is 32.1. The van der Waals surface area contributed by atoms with Gasteiger partial charge in [0.05, 0.1) is 30.5 Å². The average molecular weight is 452 g/mol. The van der Waals surface area contributed by atoms with Crippen LogP contribution in [0.5, 0.6) is 0 Å². The first-order valence-electron chi connectivity index (χ1n) is 11.1. The van der Waals surface area contributed by atoms with E-state index in [1.54, 1.807) is 22.2 Å². The Kier molecular flexibility index (Phi) is 5.53. The zero-order valence-electron chi connectivity index (χ0n) is 18.8. The number of morpholine rings is 1. The number of fused-ring (bicyclic) bond motifs is 1. The lowest BCUT2D eigenvalue weighted by Crippen LogP contribution is -2.46. The molecule has 2 aliphatic heterocycles. The summed E-state index contributed by atoms with van der Waals surface area (Å²) in [5.41, 5.74) is 2.66. The van der Waals surface area contributed by atoms with Gasteiger partial charge in [-0.15, -0.1) is 11.3 Å². The van der Waals surface area contributed by atoms with Crippen molar-refractivity contribution < 1.29 is 9.53 Å². The molecule has 32 heavy (non-hydrogen) atoms. The van der Waals surface area contributed by atoms with E-state index in [0.29, 0.717) is 0 Å². The van der Waals surface area contributed by atoms with Gasteiger partial charge in [0.1, 0.15) is 5.82 Å². The highest BCUT2D eigenvalue weighted by Crippen LogP contribution is 2.46. The van der Waals surface area contributed by atoms with Crippen molar-refractivity contribution >= 4 is 28.7 Å². The Morgan fingerprint density at radius 2 is 1.97 bits per heavy atom. The van der Waals surface area contributed by atoms with Gasteiger partial charge in [0, 0.05) is 54.7 Å². The first-order valence-corrected chi connectivity index (χ1v) is 11.9. The summed E-state index contributed by atoms with van der Waals surface area (Å²) in [7, 11) is 1.91. The van der Waals surface area contributed by atoms with Crippen LogP contribution in [0.2, 0.25) is 0 Å². The number of nitrogens with zero attached hydrogens (tertiary/aromatic N) is 4. The van der Waals surface area contributed by atoms with Gasteiger partial charge in [-0.3, -0.25) is 14.4 Å². The predicted molar refractivity (Wildman–Crippen MR) is 128 cm³/mol. The molecule has 4 heterocycles. The lowest BCUT2D eigenvalue weighted by atomic mass is 10.0. The van der Waals surface area contributed by atoms with E-state index in [0.717, 1.165) is 71.8 Å². The molecule has 7 nitrogen and oxygen atoms in total. The minimum Gasteiger partial charge on any atom is -0.379 e. The normalized spacial score (nSPS) is 18.2. The molecule has 2 aromatic heterocycles. The van der Waals surface area contributed by atoms with E-state index in [2.05, 4.69) is 47.4 Å². The molecule has 0 saturated carbocycles. The summed E-state index contributed by atoms with van der Waals surface area (Å²) in [5, 5.41) is 7.62. The van der Waals surface area contributed by atoms with Crippen molar-refractivity contribution in [3.8, 4) is 10.4 Å². The third-order valence-electron chi connectivity index (χ3n) is 6.42. The van der Waals surface area contributed by atoms with Gasteiger partial charge in [-0.1, -0.05) is 12.1 Å². The molecule has 2 aliphatic rings. The molecule has 5 rings (SSSR count). The Morgan fingerprint density at radius 3 is 2.69 bits per heavy atom. The van der Waals surface area contributed by atoms with Gasteiger partial charge in [-0.25, -0.2) is 0 Å². The number of rotatable bonds is 6. The molecule has 3 aromatic rings. The van der Waals surface area contributed by atoms with Gasteiger partial charge in [0.2, 0.25) is 0 Å². The largest absolute Gasteiger partial charge is 0.379 e. The summed E-state index contributed by atoms with van der Waals surface area (Å²) in [5.74, 6) is 1.08. The maximum atomic E-state index is 13.3. The number of ether oxygens (including phenoxy) is 1. The Bertz CT molecular complexity index is 1130. The minimum atomic E-state index is -0.299. The topological polar surface area (TPSA) is 62.6 Å². The van der Waals surface area contributed by atoms with Gasteiger partial charge in [-0.05, 0) is 37.6 Å². The van der Waals surface area contributed by atoms with E-state index in [4.69, 9.17) is 4.74 Å². The van der Waals surface area contributed by atoms with Crippen molar-refractivity contribution in [1.29, 1.82) is 0 Å². The van der Waals surface area contributed by atoms with Gasteiger partial charge < -0.3 is 15.0 Å². The van der Waals surface area contributed by atoms with Gasteiger partial charge in [0.25, 0.3) is 5.91 Å². The zero-order chi connectivity index (χ0) is 22.3. The summed E-state index contributed by atoms with van der Waals surface area (Å²) in [4.78, 5) is 20.0. The first kappa shape index (κ1) is 21.2. The maximum Gasteiger partial charge on any atom is 0.255 e. The van der Waals surface area contributed by atoms with Gasteiger partial charge in [-0.2, -0.15) is 5.10 Å². The van der Waals surface area contributed by atoms with Crippen molar-refractivity contribution in [1.82, 2.24) is 19.6 Å².